The average Bonchev–Trinajstić information content (AvgIpc) is 2.60. The van der Waals surface area contributed by atoms with Crippen molar-refractivity contribution in [3.8, 4) is 5.75 Å². The number of aryl methyl sites for hydroxylation is 1. The molecule has 0 aliphatic rings. The van der Waals surface area contributed by atoms with Crippen molar-refractivity contribution in [1.29, 1.82) is 0 Å². The lowest BCUT2D eigenvalue weighted by molar-refractivity contribution is -0.117. The Morgan fingerprint density at radius 2 is 1.67 bits per heavy atom. The lowest BCUT2D eigenvalue weighted by atomic mass is 10.1. The Morgan fingerprint density at radius 1 is 1.04 bits per heavy atom. The van der Waals surface area contributed by atoms with Crippen LogP contribution in [0, 0.1) is 0 Å². The minimum absolute atomic E-state index is 0.0359. The maximum absolute atomic E-state index is 12.0. The van der Waals surface area contributed by atoms with Crippen LogP contribution in [0.3, 0.4) is 0 Å². The number of nitrogens with one attached hydrogen (secondary N) is 1. The van der Waals surface area contributed by atoms with Crippen LogP contribution in [0.4, 0.5) is 11.4 Å². The fourth-order valence-electron chi connectivity index (χ4n) is 2.22. The molecule has 0 bridgehead atoms. The van der Waals surface area contributed by atoms with Crippen LogP contribution in [0.2, 0.25) is 0 Å². The summed E-state index contributed by atoms with van der Waals surface area (Å²) >= 11 is 0. The molecule has 24 heavy (non-hydrogen) atoms. The summed E-state index contributed by atoms with van der Waals surface area (Å²) in [7, 11) is 3.34. The van der Waals surface area contributed by atoms with Crippen LogP contribution in [0.25, 0.3) is 0 Å². The molecule has 0 aromatic heterocycles. The molecule has 0 unspecified atom stereocenters. The van der Waals surface area contributed by atoms with E-state index in [-0.39, 0.29) is 11.8 Å². The van der Waals surface area contributed by atoms with Gasteiger partial charge in [0.05, 0.1) is 7.11 Å². The van der Waals surface area contributed by atoms with E-state index in [0.29, 0.717) is 12.8 Å². The fraction of sp³-hybridized carbons (Fsp3) is 0.263. The summed E-state index contributed by atoms with van der Waals surface area (Å²) < 4.78 is 5.11. The van der Waals surface area contributed by atoms with Gasteiger partial charge in [-0.1, -0.05) is 12.1 Å². The zero-order valence-corrected chi connectivity index (χ0v) is 14.2. The van der Waals surface area contributed by atoms with Gasteiger partial charge in [-0.2, -0.15) is 0 Å². The molecule has 0 saturated heterocycles. The normalized spacial score (nSPS) is 10.1. The predicted molar refractivity (Wildman–Crippen MR) is 95.5 cm³/mol. The lowest BCUT2D eigenvalue weighted by Gasteiger charge is -2.15. The molecule has 126 valence electrons. The monoisotopic (exact) mass is 326 g/mol. The second kappa shape index (κ2) is 8.15. The van der Waals surface area contributed by atoms with Crippen molar-refractivity contribution in [2.45, 2.75) is 19.8 Å². The predicted octanol–water partition coefficient (Wildman–Crippen LogP) is 3.25. The van der Waals surface area contributed by atoms with Crippen molar-refractivity contribution in [1.82, 2.24) is 0 Å². The standard InChI is InChI=1S/C19H22N2O3/c1-14(22)21(2)17-9-7-16(8-10-17)20-19(23)13-6-15-4-11-18(24-3)12-5-15/h4-5,7-12H,6,13H2,1-3H3,(H,20,23). The summed E-state index contributed by atoms with van der Waals surface area (Å²) in [5.41, 5.74) is 2.60. The molecule has 0 radical (unpaired) electrons. The number of methoxy groups -OCH3 is 1. The Bertz CT molecular complexity index is 694. The minimum atomic E-state index is -0.0431. The molecular weight excluding hydrogens is 304 g/mol. The van der Waals surface area contributed by atoms with E-state index < -0.39 is 0 Å². The Balaban J connectivity index is 1.86. The third-order valence-corrected chi connectivity index (χ3v) is 3.81. The molecule has 0 atom stereocenters. The van der Waals surface area contributed by atoms with Crippen LogP contribution in [-0.4, -0.2) is 26.0 Å². The number of benzene rings is 2. The van der Waals surface area contributed by atoms with Gasteiger partial charge < -0.3 is 15.0 Å². The molecule has 0 aliphatic heterocycles. The van der Waals surface area contributed by atoms with E-state index in [0.717, 1.165) is 22.7 Å². The van der Waals surface area contributed by atoms with Crippen LogP contribution in [0.15, 0.2) is 48.5 Å². The van der Waals surface area contributed by atoms with Gasteiger partial charge in [0.25, 0.3) is 0 Å². The van der Waals surface area contributed by atoms with Crippen molar-refractivity contribution in [3.63, 3.8) is 0 Å². The van der Waals surface area contributed by atoms with Crippen LogP contribution < -0.4 is 15.0 Å². The first-order valence-electron chi connectivity index (χ1n) is 7.76. The summed E-state index contributed by atoms with van der Waals surface area (Å²) in [5.74, 6) is 0.726. The molecule has 1 N–H and O–H groups in total. The molecule has 2 rings (SSSR count). The van der Waals surface area contributed by atoms with Crippen molar-refractivity contribution >= 4 is 23.2 Å². The molecule has 0 aliphatic carbocycles. The van der Waals surface area contributed by atoms with E-state index in [9.17, 15) is 9.59 Å². The van der Waals surface area contributed by atoms with Crippen molar-refractivity contribution in [3.05, 3.63) is 54.1 Å². The lowest BCUT2D eigenvalue weighted by Crippen LogP contribution is -2.22. The number of carbonyl (C=O) groups excluding carboxylic acids is 2. The Labute approximate surface area is 142 Å². The van der Waals surface area contributed by atoms with E-state index in [2.05, 4.69) is 5.32 Å². The molecule has 5 heteroatoms. The molecule has 2 aromatic rings. The van der Waals surface area contributed by atoms with Gasteiger partial charge in [0.1, 0.15) is 5.75 Å². The molecule has 2 amide bonds. The quantitative estimate of drug-likeness (QED) is 0.886. The number of anilines is 2. The molecule has 0 spiro atoms. The van der Waals surface area contributed by atoms with Crippen LogP contribution in [0.1, 0.15) is 18.9 Å². The number of carbonyl (C=O) groups is 2. The highest BCUT2D eigenvalue weighted by molar-refractivity contribution is 5.93. The first kappa shape index (κ1) is 17.5. The Kier molecular flexibility index (Phi) is 5.95. The maximum atomic E-state index is 12.0. The van der Waals surface area contributed by atoms with Gasteiger partial charge >= 0.3 is 0 Å². The summed E-state index contributed by atoms with van der Waals surface area (Å²) in [4.78, 5) is 24.9. The number of hydrogen-bond acceptors (Lipinski definition) is 3. The van der Waals surface area contributed by atoms with Gasteiger partial charge in [-0.15, -0.1) is 0 Å². The van der Waals surface area contributed by atoms with Crippen molar-refractivity contribution in [2.24, 2.45) is 0 Å². The third kappa shape index (κ3) is 4.84. The number of amides is 2. The SMILES string of the molecule is COc1ccc(CCC(=O)Nc2ccc(N(C)C(C)=O)cc2)cc1. The third-order valence-electron chi connectivity index (χ3n) is 3.81. The zero-order chi connectivity index (χ0) is 17.5. The van der Waals surface area contributed by atoms with Gasteiger partial charge in [-0.3, -0.25) is 9.59 Å². The second-order valence-electron chi connectivity index (χ2n) is 5.52. The molecule has 5 nitrogen and oxygen atoms in total. The van der Waals surface area contributed by atoms with Crippen molar-refractivity contribution in [2.75, 3.05) is 24.4 Å². The van der Waals surface area contributed by atoms with Crippen LogP contribution >= 0.6 is 0 Å². The molecule has 0 fully saturated rings. The van der Waals surface area contributed by atoms with Crippen molar-refractivity contribution < 1.29 is 14.3 Å². The smallest absolute Gasteiger partial charge is 0.224 e. The van der Waals surface area contributed by atoms with E-state index in [1.54, 1.807) is 43.3 Å². The highest BCUT2D eigenvalue weighted by Crippen LogP contribution is 2.17. The van der Waals surface area contributed by atoms with E-state index in [1.165, 1.54) is 6.92 Å². The fourth-order valence-corrected chi connectivity index (χ4v) is 2.22. The highest BCUT2D eigenvalue weighted by atomic mass is 16.5. The second-order valence-corrected chi connectivity index (χ2v) is 5.52. The Hall–Kier alpha value is -2.82. The summed E-state index contributed by atoms with van der Waals surface area (Å²) in [6.07, 6.45) is 1.07. The average molecular weight is 326 g/mol. The van der Waals surface area contributed by atoms with E-state index in [1.807, 2.05) is 24.3 Å². The van der Waals surface area contributed by atoms with Gasteiger partial charge in [0.15, 0.2) is 0 Å². The van der Waals surface area contributed by atoms with Crippen LogP contribution in [-0.2, 0) is 16.0 Å². The summed E-state index contributed by atoms with van der Waals surface area (Å²) in [5, 5.41) is 2.86. The number of nitrogens with zero attached hydrogens (tertiary/aromatic N) is 1. The first-order chi connectivity index (χ1) is 11.5. The highest BCUT2D eigenvalue weighted by Gasteiger charge is 2.07. The number of rotatable bonds is 6. The number of ether oxygens (including phenoxy) is 1. The van der Waals surface area contributed by atoms with E-state index >= 15 is 0 Å². The maximum Gasteiger partial charge on any atom is 0.224 e. The molecule has 0 saturated carbocycles. The van der Waals surface area contributed by atoms with Gasteiger partial charge in [0, 0.05) is 31.8 Å². The molecular formula is C19H22N2O3. The molecule has 2 aromatic carbocycles. The number of hydrogen-bond donors (Lipinski definition) is 1. The van der Waals surface area contributed by atoms with Gasteiger partial charge in [-0.05, 0) is 48.4 Å². The molecule has 0 heterocycles. The van der Waals surface area contributed by atoms with E-state index in [4.69, 9.17) is 4.74 Å². The Morgan fingerprint density at radius 3 is 2.21 bits per heavy atom. The van der Waals surface area contributed by atoms with Gasteiger partial charge in [-0.25, -0.2) is 0 Å². The van der Waals surface area contributed by atoms with Gasteiger partial charge in [0.2, 0.25) is 11.8 Å². The van der Waals surface area contributed by atoms with Crippen LogP contribution in [0.5, 0.6) is 5.75 Å². The summed E-state index contributed by atoms with van der Waals surface area (Å²) in [6.45, 7) is 1.51. The zero-order valence-electron chi connectivity index (χ0n) is 14.2. The first-order valence-corrected chi connectivity index (χ1v) is 7.76. The summed E-state index contributed by atoms with van der Waals surface area (Å²) in [6, 6.07) is 14.9. The minimum Gasteiger partial charge on any atom is -0.497 e. The largest absolute Gasteiger partial charge is 0.497 e. The topological polar surface area (TPSA) is 58.6 Å².